The van der Waals surface area contributed by atoms with Gasteiger partial charge in [-0.25, -0.2) is 4.79 Å². The molecule has 9 heteroatoms. The molecule has 0 saturated carbocycles. The fourth-order valence-electron chi connectivity index (χ4n) is 3.53. The first-order chi connectivity index (χ1) is 13.5. The van der Waals surface area contributed by atoms with Gasteiger partial charge in [-0.1, -0.05) is 0 Å². The highest BCUT2D eigenvalue weighted by Crippen LogP contribution is 2.31. The van der Waals surface area contributed by atoms with Crippen LogP contribution in [-0.4, -0.2) is 33.9 Å². The Morgan fingerprint density at radius 3 is 2.54 bits per heavy atom. The van der Waals surface area contributed by atoms with Gasteiger partial charge in [-0.05, 0) is 49.6 Å². The monoisotopic (exact) mass is 381 g/mol. The number of H-pyrrole nitrogens is 2. The maximum absolute atomic E-state index is 12.6. The number of aromatic nitrogens is 2. The molecule has 2 aromatic carbocycles. The van der Waals surface area contributed by atoms with Crippen LogP contribution in [0.25, 0.3) is 11.0 Å². The standard InChI is InChI=1S/C19H19N5O4/c25-18(20-13-5-6-14-15(11-13)22-19(26)21-14)12-4-7-16(17(10-12)24(27)28)23-8-2-1-3-9-23/h4-7,10-11H,1-3,8-9H2,(H,20,25)(H2,21,22,26). The number of amides is 1. The minimum absolute atomic E-state index is 0.0695. The lowest BCUT2D eigenvalue weighted by Gasteiger charge is -2.28. The molecule has 1 fully saturated rings. The maximum Gasteiger partial charge on any atom is 0.323 e. The van der Waals surface area contributed by atoms with Crippen LogP contribution >= 0.6 is 0 Å². The van der Waals surface area contributed by atoms with E-state index in [1.807, 2.05) is 4.90 Å². The van der Waals surface area contributed by atoms with Gasteiger partial charge in [0.2, 0.25) is 0 Å². The van der Waals surface area contributed by atoms with Crippen molar-refractivity contribution in [1.29, 1.82) is 0 Å². The summed E-state index contributed by atoms with van der Waals surface area (Å²) in [5, 5.41) is 14.3. The number of carbonyl (C=O) groups is 1. The second-order valence-electron chi connectivity index (χ2n) is 6.80. The number of nitro groups is 1. The lowest BCUT2D eigenvalue weighted by atomic mass is 10.1. The number of piperidine rings is 1. The zero-order valence-electron chi connectivity index (χ0n) is 15.0. The van der Waals surface area contributed by atoms with Crippen molar-refractivity contribution in [2.24, 2.45) is 0 Å². The van der Waals surface area contributed by atoms with Crippen LogP contribution in [0.5, 0.6) is 0 Å². The lowest BCUT2D eigenvalue weighted by Crippen LogP contribution is -2.30. The van der Waals surface area contributed by atoms with E-state index in [9.17, 15) is 19.7 Å². The van der Waals surface area contributed by atoms with Crippen LogP contribution in [0.4, 0.5) is 17.1 Å². The number of benzene rings is 2. The number of hydrogen-bond donors (Lipinski definition) is 3. The molecule has 1 aromatic heterocycles. The van der Waals surface area contributed by atoms with E-state index in [4.69, 9.17) is 0 Å². The average Bonchev–Trinajstić information content (AvgIpc) is 3.07. The number of nitrogens with zero attached hydrogens (tertiary/aromatic N) is 2. The van der Waals surface area contributed by atoms with Crippen LogP contribution in [0.2, 0.25) is 0 Å². The molecule has 144 valence electrons. The van der Waals surface area contributed by atoms with Gasteiger partial charge in [0.05, 0.1) is 16.0 Å². The molecule has 0 radical (unpaired) electrons. The van der Waals surface area contributed by atoms with Gasteiger partial charge in [-0.15, -0.1) is 0 Å². The molecular weight excluding hydrogens is 362 g/mol. The van der Waals surface area contributed by atoms with Crippen LogP contribution in [0.3, 0.4) is 0 Å². The Balaban J connectivity index is 1.60. The van der Waals surface area contributed by atoms with E-state index in [-0.39, 0.29) is 16.9 Å². The van der Waals surface area contributed by atoms with Crippen LogP contribution < -0.4 is 15.9 Å². The van der Waals surface area contributed by atoms with E-state index in [0.29, 0.717) is 22.4 Å². The van der Waals surface area contributed by atoms with Crippen LogP contribution in [-0.2, 0) is 0 Å². The summed E-state index contributed by atoms with van der Waals surface area (Å²) in [6.45, 7) is 1.56. The van der Waals surface area contributed by atoms with Crippen LogP contribution in [0, 0.1) is 10.1 Å². The van der Waals surface area contributed by atoms with E-state index in [1.165, 1.54) is 6.07 Å². The smallest absolute Gasteiger partial charge is 0.323 e. The van der Waals surface area contributed by atoms with Gasteiger partial charge in [0.15, 0.2) is 0 Å². The molecule has 28 heavy (non-hydrogen) atoms. The SMILES string of the molecule is O=C(Nc1ccc2[nH]c(=O)[nH]c2c1)c1ccc(N2CCCCC2)c([N+](=O)[O-])c1. The Bertz CT molecular complexity index is 1110. The van der Waals surface area contributed by atoms with Gasteiger partial charge in [-0.2, -0.15) is 0 Å². The number of imidazole rings is 1. The summed E-state index contributed by atoms with van der Waals surface area (Å²) in [5.74, 6) is -0.453. The van der Waals surface area contributed by atoms with Crippen LogP contribution in [0.1, 0.15) is 29.6 Å². The van der Waals surface area contributed by atoms with E-state index >= 15 is 0 Å². The average molecular weight is 381 g/mol. The Hall–Kier alpha value is -3.62. The highest BCUT2D eigenvalue weighted by Gasteiger charge is 2.23. The van der Waals surface area contributed by atoms with E-state index in [2.05, 4.69) is 15.3 Å². The van der Waals surface area contributed by atoms with Gasteiger partial charge in [0.1, 0.15) is 5.69 Å². The number of hydrogen-bond acceptors (Lipinski definition) is 5. The Morgan fingerprint density at radius 1 is 1.04 bits per heavy atom. The highest BCUT2D eigenvalue weighted by atomic mass is 16.6. The second-order valence-corrected chi connectivity index (χ2v) is 6.80. The third kappa shape index (κ3) is 3.46. The molecule has 0 aliphatic carbocycles. The van der Waals surface area contributed by atoms with Crippen molar-refractivity contribution in [2.45, 2.75) is 19.3 Å². The Kier molecular flexibility index (Phi) is 4.56. The second kappa shape index (κ2) is 7.18. The number of rotatable bonds is 4. The first-order valence-corrected chi connectivity index (χ1v) is 9.08. The quantitative estimate of drug-likeness (QED) is 0.473. The predicted molar refractivity (Wildman–Crippen MR) is 106 cm³/mol. The number of anilines is 2. The van der Waals surface area contributed by atoms with Crippen molar-refractivity contribution in [3.8, 4) is 0 Å². The third-order valence-electron chi connectivity index (χ3n) is 4.90. The van der Waals surface area contributed by atoms with Crippen molar-refractivity contribution in [3.05, 3.63) is 62.6 Å². The molecule has 1 aliphatic heterocycles. The molecule has 4 rings (SSSR count). The number of nitrogens with one attached hydrogen (secondary N) is 3. The van der Waals surface area contributed by atoms with E-state index in [1.54, 1.807) is 30.3 Å². The molecule has 1 aliphatic rings. The van der Waals surface area contributed by atoms with Gasteiger partial charge in [0.25, 0.3) is 11.6 Å². The molecule has 3 N–H and O–H groups in total. The first kappa shape index (κ1) is 17.8. The van der Waals surface area contributed by atoms with Crippen LogP contribution in [0.15, 0.2) is 41.2 Å². The molecule has 1 saturated heterocycles. The Morgan fingerprint density at radius 2 is 1.79 bits per heavy atom. The minimum atomic E-state index is -0.453. The van der Waals surface area contributed by atoms with Crippen molar-refractivity contribution in [3.63, 3.8) is 0 Å². The summed E-state index contributed by atoms with van der Waals surface area (Å²) in [4.78, 5) is 42.3. The molecular formula is C19H19N5O4. The van der Waals surface area contributed by atoms with Crippen molar-refractivity contribution < 1.29 is 9.72 Å². The number of aromatic amines is 2. The summed E-state index contributed by atoms with van der Waals surface area (Å²) in [6.07, 6.45) is 3.13. The van der Waals surface area contributed by atoms with Gasteiger partial charge < -0.3 is 20.2 Å². The van der Waals surface area contributed by atoms with E-state index < -0.39 is 10.8 Å². The first-order valence-electron chi connectivity index (χ1n) is 9.08. The molecule has 2 heterocycles. The summed E-state index contributed by atoms with van der Waals surface area (Å²) in [6, 6.07) is 9.51. The topological polar surface area (TPSA) is 124 Å². The molecule has 3 aromatic rings. The zero-order chi connectivity index (χ0) is 19.7. The predicted octanol–water partition coefficient (Wildman–Crippen LogP) is 3.01. The molecule has 1 amide bonds. The summed E-state index contributed by atoms with van der Waals surface area (Å²) in [5.41, 5.74) is 2.03. The molecule has 0 atom stereocenters. The maximum atomic E-state index is 12.6. The highest BCUT2D eigenvalue weighted by molar-refractivity contribution is 6.05. The lowest BCUT2D eigenvalue weighted by molar-refractivity contribution is -0.384. The van der Waals surface area contributed by atoms with Gasteiger partial charge in [0, 0.05) is 30.4 Å². The van der Waals surface area contributed by atoms with Crippen molar-refractivity contribution in [2.75, 3.05) is 23.3 Å². The van der Waals surface area contributed by atoms with Gasteiger partial charge in [-0.3, -0.25) is 14.9 Å². The Labute approximate surface area is 159 Å². The number of nitro benzene ring substituents is 1. The summed E-state index contributed by atoms with van der Waals surface area (Å²) < 4.78 is 0. The van der Waals surface area contributed by atoms with Gasteiger partial charge >= 0.3 is 5.69 Å². The summed E-state index contributed by atoms with van der Waals surface area (Å²) >= 11 is 0. The molecule has 0 unspecified atom stereocenters. The fraction of sp³-hybridized carbons (Fsp3) is 0.263. The number of fused-ring (bicyclic) bond motifs is 1. The minimum Gasteiger partial charge on any atom is -0.366 e. The molecule has 0 spiro atoms. The fourth-order valence-corrected chi connectivity index (χ4v) is 3.53. The third-order valence-corrected chi connectivity index (χ3v) is 4.90. The van der Waals surface area contributed by atoms with Crippen molar-refractivity contribution >= 4 is 34.0 Å². The number of carbonyl (C=O) groups excluding carboxylic acids is 1. The summed E-state index contributed by atoms with van der Waals surface area (Å²) in [7, 11) is 0. The molecule has 0 bridgehead atoms. The molecule has 9 nitrogen and oxygen atoms in total. The zero-order valence-corrected chi connectivity index (χ0v) is 15.0. The largest absolute Gasteiger partial charge is 0.366 e. The van der Waals surface area contributed by atoms with E-state index in [0.717, 1.165) is 32.4 Å². The van der Waals surface area contributed by atoms with Crippen molar-refractivity contribution in [1.82, 2.24) is 9.97 Å². The normalized spacial score (nSPS) is 14.2.